The highest BCUT2D eigenvalue weighted by Gasteiger charge is 2.25. The van der Waals surface area contributed by atoms with Gasteiger partial charge >= 0.3 is 0 Å². The molecule has 0 amide bonds. The van der Waals surface area contributed by atoms with Crippen LogP contribution in [0, 0.1) is 5.92 Å². The molecule has 0 aliphatic carbocycles. The molecule has 0 saturated carbocycles. The van der Waals surface area contributed by atoms with Crippen molar-refractivity contribution in [3.05, 3.63) is 0 Å². The van der Waals surface area contributed by atoms with E-state index in [1.165, 1.54) is 13.0 Å². The molecule has 1 unspecified atom stereocenters. The topological polar surface area (TPSA) is 65.1 Å². The second-order valence-corrected chi connectivity index (χ2v) is 5.51. The van der Waals surface area contributed by atoms with Crippen molar-refractivity contribution in [3.63, 3.8) is 0 Å². The van der Waals surface area contributed by atoms with Gasteiger partial charge in [-0.25, -0.2) is 0 Å². The van der Waals surface area contributed by atoms with E-state index in [4.69, 9.17) is 10.9 Å². The Labute approximate surface area is 111 Å². The monoisotopic (exact) mass is 256 g/mol. The minimum absolute atomic E-state index is 0.0854. The molecule has 3 N–H and O–H groups in total. The maximum atomic E-state index is 8.79. The van der Waals surface area contributed by atoms with Crippen LogP contribution in [0.15, 0.2) is 5.16 Å². The molecule has 0 radical (unpaired) electrons. The lowest BCUT2D eigenvalue weighted by Gasteiger charge is -2.38. The quantitative estimate of drug-likeness (QED) is 0.324. The van der Waals surface area contributed by atoms with E-state index >= 15 is 0 Å². The van der Waals surface area contributed by atoms with Crippen molar-refractivity contribution in [2.45, 2.75) is 39.7 Å². The molecule has 0 aromatic heterocycles. The predicted octanol–water partition coefficient (Wildman–Crippen LogP) is 1.18. The molecule has 0 bridgehead atoms. The summed E-state index contributed by atoms with van der Waals surface area (Å²) in [4.78, 5) is 4.83. The lowest BCUT2D eigenvalue weighted by Crippen LogP contribution is -2.54. The first-order chi connectivity index (χ1) is 8.58. The van der Waals surface area contributed by atoms with Gasteiger partial charge in [0.2, 0.25) is 0 Å². The highest BCUT2D eigenvalue weighted by molar-refractivity contribution is 5.85. The van der Waals surface area contributed by atoms with Crippen molar-refractivity contribution in [2.24, 2.45) is 16.8 Å². The molecule has 106 valence electrons. The Hall–Kier alpha value is -0.810. The minimum Gasteiger partial charge on any atom is -0.409 e. The van der Waals surface area contributed by atoms with Crippen LogP contribution in [0.2, 0.25) is 0 Å². The van der Waals surface area contributed by atoms with E-state index < -0.39 is 0 Å². The number of nitrogens with two attached hydrogens (primary N) is 1. The van der Waals surface area contributed by atoms with Crippen LogP contribution in [0.4, 0.5) is 0 Å². The van der Waals surface area contributed by atoms with Crippen molar-refractivity contribution >= 4 is 5.84 Å². The number of nitrogens with zero attached hydrogens (tertiary/aromatic N) is 3. The summed E-state index contributed by atoms with van der Waals surface area (Å²) in [6.45, 7) is 12.0. The summed E-state index contributed by atoms with van der Waals surface area (Å²) in [6, 6.07) is 0.0854. The third-order valence-corrected chi connectivity index (χ3v) is 3.71. The Kier molecular flexibility index (Phi) is 6.43. The number of amidine groups is 1. The van der Waals surface area contributed by atoms with E-state index in [9.17, 15) is 0 Å². The molecule has 1 aliphatic rings. The smallest absolute Gasteiger partial charge is 0.156 e. The molecule has 5 heteroatoms. The maximum Gasteiger partial charge on any atom is 0.156 e. The molecule has 1 aliphatic heterocycles. The molecular formula is C13H28N4O. The lowest BCUT2D eigenvalue weighted by molar-refractivity contribution is 0.111. The number of rotatable bonds is 6. The average molecular weight is 256 g/mol. The number of hydrogen-bond acceptors (Lipinski definition) is 4. The number of oxime groups is 1. The van der Waals surface area contributed by atoms with E-state index in [0.717, 1.165) is 38.5 Å². The highest BCUT2D eigenvalue weighted by atomic mass is 16.4. The second kappa shape index (κ2) is 7.59. The van der Waals surface area contributed by atoms with Crippen molar-refractivity contribution in [1.29, 1.82) is 0 Å². The standard InChI is InChI=1S/C13H28N4O/c1-4-12(13(14)15-18)17-9-7-16(8-10-17)6-5-11(2)3/h11-12,18H,4-10H2,1-3H3,(H2,14,15). The molecule has 1 saturated heterocycles. The maximum absolute atomic E-state index is 8.79. The second-order valence-electron chi connectivity index (χ2n) is 5.51. The fourth-order valence-corrected chi connectivity index (χ4v) is 2.46. The molecule has 5 nitrogen and oxygen atoms in total. The summed E-state index contributed by atoms with van der Waals surface area (Å²) in [5, 5.41) is 11.9. The zero-order chi connectivity index (χ0) is 13.5. The van der Waals surface area contributed by atoms with Crippen LogP contribution in [0.5, 0.6) is 0 Å². The van der Waals surface area contributed by atoms with Crippen LogP contribution in [0.25, 0.3) is 0 Å². The largest absolute Gasteiger partial charge is 0.409 e. The summed E-state index contributed by atoms with van der Waals surface area (Å²) in [5.74, 6) is 1.11. The zero-order valence-corrected chi connectivity index (χ0v) is 12.0. The van der Waals surface area contributed by atoms with Crippen molar-refractivity contribution < 1.29 is 5.21 Å². The fourth-order valence-electron chi connectivity index (χ4n) is 2.46. The molecule has 1 rings (SSSR count). The summed E-state index contributed by atoms with van der Waals surface area (Å²) in [5.41, 5.74) is 5.74. The first kappa shape index (κ1) is 15.2. The lowest BCUT2D eigenvalue weighted by atomic mass is 10.1. The Morgan fingerprint density at radius 3 is 2.33 bits per heavy atom. The SMILES string of the molecule is CCC(/C(N)=N/O)N1CCN(CCC(C)C)CC1. The van der Waals surface area contributed by atoms with Gasteiger partial charge in [0, 0.05) is 26.2 Å². The summed E-state index contributed by atoms with van der Waals surface area (Å²) in [7, 11) is 0. The van der Waals surface area contributed by atoms with Gasteiger partial charge in [0.05, 0.1) is 6.04 Å². The van der Waals surface area contributed by atoms with Crippen LogP contribution < -0.4 is 5.73 Å². The minimum atomic E-state index is 0.0854. The Balaban J connectivity index is 2.38. The van der Waals surface area contributed by atoms with Gasteiger partial charge in [-0.05, 0) is 25.3 Å². The van der Waals surface area contributed by atoms with Gasteiger partial charge in [-0.1, -0.05) is 25.9 Å². The molecular weight excluding hydrogens is 228 g/mol. The normalized spacial score (nSPS) is 21.4. The molecule has 0 aromatic carbocycles. The van der Waals surface area contributed by atoms with Crippen LogP contribution in [0.1, 0.15) is 33.6 Å². The Bertz CT molecular complexity index is 260. The van der Waals surface area contributed by atoms with E-state index in [-0.39, 0.29) is 6.04 Å². The van der Waals surface area contributed by atoms with Gasteiger partial charge < -0.3 is 15.8 Å². The number of piperazine rings is 1. The van der Waals surface area contributed by atoms with E-state index in [1.807, 2.05) is 0 Å². The zero-order valence-electron chi connectivity index (χ0n) is 12.0. The summed E-state index contributed by atoms with van der Waals surface area (Å²) < 4.78 is 0. The van der Waals surface area contributed by atoms with Crippen molar-refractivity contribution in [1.82, 2.24) is 9.80 Å². The Morgan fingerprint density at radius 2 is 1.89 bits per heavy atom. The van der Waals surface area contributed by atoms with Gasteiger partial charge in [0.25, 0.3) is 0 Å². The van der Waals surface area contributed by atoms with Crippen LogP contribution in [-0.4, -0.2) is 59.6 Å². The summed E-state index contributed by atoms with van der Waals surface area (Å²) >= 11 is 0. The van der Waals surface area contributed by atoms with Gasteiger partial charge in [-0.2, -0.15) is 0 Å². The third kappa shape index (κ3) is 4.46. The Morgan fingerprint density at radius 1 is 1.28 bits per heavy atom. The summed E-state index contributed by atoms with van der Waals surface area (Å²) in [6.07, 6.45) is 2.15. The van der Waals surface area contributed by atoms with Crippen LogP contribution >= 0.6 is 0 Å². The fraction of sp³-hybridized carbons (Fsp3) is 0.923. The van der Waals surface area contributed by atoms with Gasteiger partial charge in [0.15, 0.2) is 5.84 Å². The molecule has 0 aromatic rings. The van der Waals surface area contributed by atoms with E-state index in [1.54, 1.807) is 0 Å². The van der Waals surface area contributed by atoms with Crippen LogP contribution in [0.3, 0.4) is 0 Å². The molecule has 0 spiro atoms. The third-order valence-electron chi connectivity index (χ3n) is 3.71. The first-order valence-electron chi connectivity index (χ1n) is 7.02. The van der Waals surface area contributed by atoms with Crippen molar-refractivity contribution in [2.75, 3.05) is 32.7 Å². The van der Waals surface area contributed by atoms with E-state index in [0.29, 0.717) is 5.84 Å². The first-order valence-corrected chi connectivity index (χ1v) is 7.02. The highest BCUT2D eigenvalue weighted by Crippen LogP contribution is 2.11. The average Bonchev–Trinajstić information content (AvgIpc) is 2.38. The number of hydrogen-bond donors (Lipinski definition) is 2. The van der Waals surface area contributed by atoms with Crippen LogP contribution in [-0.2, 0) is 0 Å². The molecule has 1 fully saturated rings. The van der Waals surface area contributed by atoms with Gasteiger partial charge in [-0.15, -0.1) is 0 Å². The van der Waals surface area contributed by atoms with Crippen molar-refractivity contribution in [3.8, 4) is 0 Å². The van der Waals surface area contributed by atoms with E-state index in [2.05, 4.69) is 35.7 Å². The van der Waals surface area contributed by atoms with Gasteiger partial charge in [0.1, 0.15) is 0 Å². The molecule has 18 heavy (non-hydrogen) atoms. The molecule has 1 heterocycles. The van der Waals surface area contributed by atoms with Gasteiger partial charge in [-0.3, -0.25) is 4.90 Å². The predicted molar refractivity (Wildman–Crippen MR) is 75.0 cm³/mol. The molecule has 1 atom stereocenters.